The van der Waals surface area contributed by atoms with Crippen LogP contribution in [0.25, 0.3) is 5.69 Å². The lowest BCUT2D eigenvalue weighted by Gasteiger charge is -2.29. The van der Waals surface area contributed by atoms with Crippen molar-refractivity contribution in [1.82, 2.24) is 14.9 Å². The predicted octanol–water partition coefficient (Wildman–Crippen LogP) is 6.31. The van der Waals surface area contributed by atoms with E-state index in [0.717, 1.165) is 22.8 Å². The molecule has 166 valence electrons. The van der Waals surface area contributed by atoms with Crippen LogP contribution in [0.4, 0.5) is 10.1 Å². The Balaban J connectivity index is 1.64. The van der Waals surface area contributed by atoms with E-state index >= 15 is 0 Å². The smallest absolute Gasteiger partial charge is 0.174 e. The molecule has 1 fully saturated rings. The normalized spacial score (nSPS) is 18.1. The van der Waals surface area contributed by atoms with Crippen LogP contribution >= 0.6 is 12.2 Å². The number of anilines is 1. The number of benzene rings is 2. The Morgan fingerprint density at radius 3 is 2.45 bits per heavy atom. The molecule has 1 aliphatic rings. The van der Waals surface area contributed by atoms with Gasteiger partial charge >= 0.3 is 0 Å². The molecule has 5 rings (SSSR count). The fourth-order valence-corrected chi connectivity index (χ4v) is 4.80. The first-order valence-electron chi connectivity index (χ1n) is 11.1. The van der Waals surface area contributed by atoms with Crippen molar-refractivity contribution in [3.8, 4) is 5.69 Å². The Kier molecular flexibility index (Phi) is 5.68. The first-order chi connectivity index (χ1) is 16.0. The molecule has 0 amide bonds. The molecule has 33 heavy (non-hydrogen) atoms. The van der Waals surface area contributed by atoms with Crippen molar-refractivity contribution in [3.63, 3.8) is 0 Å². The molecule has 0 spiro atoms. The number of halogens is 1. The molecule has 4 aromatic rings. The van der Waals surface area contributed by atoms with E-state index in [0.29, 0.717) is 11.0 Å². The maximum atomic E-state index is 14.0. The molecule has 0 radical (unpaired) electrons. The summed E-state index contributed by atoms with van der Waals surface area (Å²) in [6, 6.07) is 24.8. The monoisotopic (exact) mass is 456 g/mol. The highest BCUT2D eigenvalue weighted by Crippen LogP contribution is 2.42. The minimum Gasteiger partial charge on any atom is -0.351 e. The second-order valence-corrected chi connectivity index (χ2v) is 8.91. The minimum atomic E-state index is -0.269. The average molecular weight is 457 g/mol. The Bertz CT molecular complexity index is 1270. The van der Waals surface area contributed by atoms with Gasteiger partial charge in [-0.05, 0) is 78.3 Å². The quantitative estimate of drug-likeness (QED) is 0.357. The molecular weight excluding hydrogens is 431 g/mol. The summed E-state index contributed by atoms with van der Waals surface area (Å²) in [5.74, 6) is 0.180. The molecule has 3 heterocycles. The number of nitrogens with zero attached hydrogens (tertiary/aromatic N) is 3. The lowest BCUT2D eigenvalue weighted by Crippen LogP contribution is -2.30. The van der Waals surface area contributed by atoms with E-state index in [1.165, 1.54) is 11.6 Å². The fraction of sp³-hybridized carbons (Fsp3) is 0.185. The van der Waals surface area contributed by atoms with E-state index in [2.05, 4.69) is 59.4 Å². The van der Waals surface area contributed by atoms with Gasteiger partial charge in [0.2, 0.25) is 0 Å². The minimum absolute atomic E-state index is 0.161. The highest BCUT2D eigenvalue weighted by atomic mass is 32.1. The third-order valence-corrected chi connectivity index (χ3v) is 6.42. The third kappa shape index (κ3) is 4.02. The summed E-state index contributed by atoms with van der Waals surface area (Å²) in [6.45, 7) is 4.37. The number of hydrogen-bond acceptors (Lipinski definition) is 2. The van der Waals surface area contributed by atoms with Gasteiger partial charge in [0, 0.05) is 29.5 Å². The zero-order valence-electron chi connectivity index (χ0n) is 18.5. The summed E-state index contributed by atoms with van der Waals surface area (Å²) in [5.41, 5.74) is 4.95. The predicted molar refractivity (Wildman–Crippen MR) is 134 cm³/mol. The number of rotatable bonds is 5. The molecular formula is C27H25FN4S. The molecule has 2 aromatic heterocycles. The molecule has 1 saturated heterocycles. The third-order valence-electron chi connectivity index (χ3n) is 6.11. The van der Waals surface area contributed by atoms with Crippen LogP contribution in [0.1, 0.15) is 48.8 Å². The highest BCUT2D eigenvalue weighted by Gasteiger charge is 2.42. The molecule has 2 aromatic carbocycles. The maximum absolute atomic E-state index is 14.0. The van der Waals surface area contributed by atoms with Gasteiger partial charge in [-0.3, -0.25) is 4.98 Å². The second kappa shape index (κ2) is 8.79. The maximum Gasteiger partial charge on any atom is 0.174 e. The van der Waals surface area contributed by atoms with Crippen LogP contribution < -0.4 is 10.2 Å². The summed E-state index contributed by atoms with van der Waals surface area (Å²) in [6.07, 6.45) is 3.75. The summed E-state index contributed by atoms with van der Waals surface area (Å²) in [4.78, 5) is 6.76. The van der Waals surface area contributed by atoms with Gasteiger partial charge in [-0.15, -0.1) is 0 Å². The number of pyridine rings is 1. The van der Waals surface area contributed by atoms with Crippen molar-refractivity contribution in [2.45, 2.75) is 31.8 Å². The Morgan fingerprint density at radius 2 is 1.76 bits per heavy atom. The lowest BCUT2D eigenvalue weighted by atomic mass is 9.99. The van der Waals surface area contributed by atoms with E-state index in [4.69, 9.17) is 12.2 Å². The van der Waals surface area contributed by atoms with Gasteiger partial charge in [-0.2, -0.15) is 0 Å². The Labute approximate surface area is 198 Å². The molecule has 2 atom stereocenters. The summed E-state index contributed by atoms with van der Waals surface area (Å²) in [5, 5.41) is 4.13. The van der Waals surface area contributed by atoms with E-state index < -0.39 is 0 Å². The number of aromatic nitrogens is 2. The lowest BCUT2D eigenvalue weighted by molar-refractivity contribution is 0.549. The molecule has 1 aliphatic heterocycles. The number of hydrogen-bond donors (Lipinski definition) is 1. The van der Waals surface area contributed by atoms with Crippen molar-refractivity contribution < 1.29 is 4.39 Å². The molecule has 1 N–H and O–H groups in total. The summed E-state index contributed by atoms with van der Waals surface area (Å²) >= 11 is 5.83. The van der Waals surface area contributed by atoms with E-state index in [1.54, 1.807) is 18.3 Å². The first kappa shape index (κ1) is 21.3. The summed E-state index contributed by atoms with van der Waals surface area (Å²) < 4.78 is 16.1. The van der Waals surface area contributed by atoms with Crippen LogP contribution in [0.3, 0.4) is 0 Å². The fourth-order valence-electron chi connectivity index (χ4n) is 4.45. The molecule has 2 unspecified atom stereocenters. The molecule has 6 heteroatoms. The first-order valence-corrected chi connectivity index (χ1v) is 11.5. The standard InChI is InChI=1S/C27H25FN4S/c1-18(2)19-11-13-21(14-12-19)32-26(25(30-27(32)33)23-9-3-4-15-29-23)24-10-6-16-31(24)22-8-5-7-20(28)17-22/h3-18,25-26H,1-2H3,(H,30,33). The SMILES string of the molecule is CC(C)c1ccc(N2C(=S)NC(c3ccccn3)C2c2cccn2-c2cccc(F)c2)cc1. The van der Waals surface area contributed by atoms with Crippen molar-refractivity contribution in [1.29, 1.82) is 0 Å². The highest BCUT2D eigenvalue weighted by molar-refractivity contribution is 7.80. The zero-order chi connectivity index (χ0) is 22.9. The van der Waals surface area contributed by atoms with Gasteiger partial charge in [0.1, 0.15) is 11.9 Å². The van der Waals surface area contributed by atoms with Crippen LogP contribution in [-0.2, 0) is 0 Å². The van der Waals surface area contributed by atoms with Crippen LogP contribution in [0.15, 0.2) is 91.3 Å². The van der Waals surface area contributed by atoms with E-state index in [9.17, 15) is 4.39 Å². The second-order valence-electron chi connectivity index (χ2n) is 8.53. The average Bonchev–Trinajstić information content (AvgIpc) is 3.44. The van der Waals surface area contributed by atoms with Gasteiger partial charge in [-0.1, -0.05) is 38.1 Å². The van der Waals surface area contributed by atoms with Crippen LogP contribution in [0.2, 0.25) is 0 Å². The zero-order valence-corrected chi connectivity index (χ0v) is 19.3. The van der Waals surface area contributed by atoms with Crippen molar-refractivity contribution in [2.75, 3.05) is 4.90 Å². The summed E-state index contributed by atoms with van der Waals surface area (Å²) in [7, 11) is 0. The van der Waals surface area contributed by atoms with Gasteiger partial charge in [-0.25, -0.2) is 4.39 Å². The molecule has 0 bridgehead atoms. The largest absolute Gasteiger partial charge is 0.351 e. The molecule has 0 saturated carbocycles. The van der Waals surface area contributed by atoms with Crippen LogP contribution in [-0.4, -0.2) is 14.7 Å². The number of nitrogens with one attached hydrogen (secondary N) is 1. The van der Waals surface area contributed by atoms with Crippen molar-refractivity contribution >= 4 is 23.0 Å². The Morgan fingerprint density at radius 1 is 0.939 bits per heavy atom. The number of thiocarbonyl (C=S) groups is 1. The van der Waals surface area contributed by atoms with E-state index in [1.807, 2.05) is 41.1 Å². The van der Waals surface area contributed by atoms with Gasteiger partial charge in [0.25, 0.3) is 0 Å². The van der Waals surface area contributed by atoms with Gasteiger partial charge in [0.05, 0.1) is 11.7 Å². The van der Waals surface area contributed by atoms with Crippen molar-refractivity contribution in [2.24, 2.45) is 0 Å². The van der Waals surface area contributed by atoms with E-state index in [-0.39, 0.29) is 17.9 Å². The molecule has 4 nitrogen and oxygen atoms in total. The topological polar surface area (TPSA) is 33.1 Å². The van der Waals surface area contributed by atoms with Crippen LogP contribution in [0.5, 0.6) is 0 Å². The van der Waals surface area contributed by atoms with Gasteiger partial charge < -0.3 is 14.8 Å². The van der Waals surface area contributed by atoms with Crippen molar-refractivity contribution in [3.05, 3.63) is 114 Å². The van der Waals surface area contributed by atoms with Gasteiger partial charge in [0.15, 0.2) is 5.11 Å². The molecule has 0 aliphatic carbocycles. The Hall–Kier alpha value is -3.51. The van der Waals surface area contributed by atoms with Crippen LogP contribution in [0, 0.1) is 5.82 Å².